The van der Waals surface area contributed by atoms with Crippen LogP contribution < -0.4 is 14.4 Å². The van der Waals surface area contributed by atoms with E-state index in [2.05, 4.69) is 19.9 Å². The van der Waals surface area contributed by atoms with Gasteiger partial charge in [-0.2, -0.15) is 0 Å². The van der Waals surface area contributed by atoms with Gasteiger partial charge in [0.1, 0.15) is 24.5 Å². The van der Waals surface area contributed by atoms with E-state index in [1.54, 1.807) is 12.4 Å². The summed E-state index contributed by atoms with van der Waals surface area (Å²) in [5.74, 6) is 2.47. The van der Waals surface area contributed by atoms with Gasteiger partial charge >= 0.3 is 0 Å². The highest BCUT2D eigenvalue weighted by Gasteiger charge is 2.13. The van der Waals surface area contributed by atoms with E-state index in [0.29, 0.717) is 18.9 Å². The number of pyridine rings is 1. The molecule has 4 rings (SSSR count). The van der Waals surface area contributed by atoms with Crippen molar-refractivity contribution in [3.05, 3.63) is 48.3 Å². The zero-order valence-electron chi connectivity index (χ0n) is 12.8. The van der Waals surface area contributed by atoms with Gasteiger partial charge in [0.2, 0.25) is 0 Å². The molecule has 0 radical (unpaired) electrons. The molecule has 6 heteroatoms. The Morgan fingerprint density at radius 1 is 1.00 bits per heavy atom. The summed E-state index contributed by atoms with van der Waals surface area (Å²) in [4.78, 5) is 15.1. The van der Waals surface area contributed by atoms with Crippen molar-refractivity contribution in [1.29, 1.82) is 0 Å². The second-order valence-electron chi connectivity index (χ2n) is 5.40. The molecule has 0 N–H and O–H groups in total. The second kappa shape index (κ2) is 5.72. The van der Waals surface area contributed by atoms with Gasteiger partial charge < -0.3 is 14.4 Å². The van der Waals surface area contributed by atoms with E-state index in [1.807, 2.05) is 37.4 Å². The maximum atomic E-state index is 5.63. The Balaban J connectivity index is 1.57. The van der Waals surface area contributed by atoms with E-state index >= 15 is 0 Å². The van der Waals surface area contributed by atoms with E-state index < -0.39 is 0 Å². The molecular weight excluding hydrogens is 292 g/mol. The molecular formula is C17H16N4O2. The zero-order chi connectivity index (χ0) is 15.6. The summed E-state index contributed by atoms with van der Waals surface area (Å²) in [5.41, 5.74) is 2.58. The minimum absolute atomic E-state index is 0.594. The predicted molar refractivity (Wildman–Crippen MR) is 86.9 cm³/mol. The van der Waals surface area contributed by atoms with E-state index in [1.165, 1.54) is 0 Å². The molecule has 0 bridgehead atoms. The van der Waals surface area contributed by atoms with Crippen LogP contribution in [0.1, 0.15) is 5.56 Å². The first-order valence-electron chi connectivity index (χ1n) is 7.47. The molecule has 23 heavy (non-hydrogen) atoms. The number of benzene rings is 1. The van der Waals surface area contributed by atoms with Crippen LogP contribution >= 0.6 is 0 Å². The van der Waals surface area contributed by atoms with Crippen LogP contribution in [0.3, 0.4) is 0 Å². The monoisotopic (exact) mass is 308 g/mol. The molecule has 3 heterocycles. The first-order chi connectivity index (χ1) is 11.3. The third-order valence-electron chi connectivity index (χ3n) is 3.73. The fourth-order valence-electron chi connectivity index (χ4n) is 2.60. The predicted octanol–water partition coefficient (Wildman–Crippen LogP) is 2.43. The van der Waals surface area contributed by atoms with Gasteiger partial charge in [-0.3, -0.25) is 4.98 Å². The van der Waals surface area contributed by atoms with Gasteiger partial charge in [-0.25, -0.2) is 9.97 Å². The smallest absolute Gasteiger partial charge is 0.180 e. The van der Waals surface area contributed by atoms with Gasteiger partial charge in [0.25, 0.3) is 0 Å². The molecule has 2 aromatic heterocycles. The number of hydrogen-bond donors (Lipinski definition) is 0. The van der Waals surface area contributed by atoms with Gasteiger partial charge in [0.15, 0.2) is 17.1 Å². The Kier molecular flexibility index (Phi) is 3.42. The Morgan fingerprint density at radius 2 is 1.83 bits per heavy atom. The SMILES string of the molecule is CN(Cc1ccc2c(c1)OCCO2)c1ccc2nccnc2n1. The van der Waals surface area contributed by atoms with Gasteiger partial charge in [-0.05, 0) is 29.8 Å². The van der Waals surface area contributed by atoms with E-state index in [-0.39, 0.29) is 0 Å². The maximum absolute atomic E-state index is 5.63. The average molecular weight is 308 g/mol. The molecule has 0 saturated carbocycles. The largest absolute Gasteiger partial charge is 0.486 e. The first-order valence-corrected chi connectivity index (χ1v) is 7.47. The van der Waals surface area contributed by atoms with Crippen molar-refractivity contribution in [2.24, 2.45) is 0 Å². The van der Waals surface area contributed by atoms with Crippen LogP contribution in [0, 0.1) is 0 Å². The normalized spacial score (nSPS) is 13.1. The number of ether oxygens (including phenoxy) is 2. The number of anilines is 1. The number of aromatic nitrogens is 3. The molecule has 1 aromatic carbocycles. The fourth-order valence-corrected chi connectivity index (χ4v) is 2.60. The molecule has 0 amide bonds. The van der Waals surface area contributed by atoms with Gasteiger partial charge in [0, 0.05) is 26.0 Å². The quantitative estimate of drug-likeness (QED) is 0.740. The number of nitrogens with zero attached hydrogens (tertiary/aromatic N) is 4. The van der Waals surface area contributed by atoms with Crippen molar-refractivity contribution in [3.8, 4) is 11.5 Å². The van der Waals surface area contributed by atoms with Crippen molar-refractivity contribution in [3.63, 3.8) is 0 Å². The topological polar surface area (TPSA) is 60.4 Å². The molecule has 0 aliphatic carbocycles. The third-order valence-corrected chi connectivity index (χ3v) is 3.73. The second-order valence-corrected chi connectivity index (χ2v) is 5.40. The van der Waals surface area contributed by atoms with Crippen molar-refractivity contribution >= 4 is 17.0 Å². The highest BCUT2D eigenvalue weighted by molar-refractivity contribution is 5.71. The summed E-state index contributed by atoms with van der Waals surface area (Å²) in [5, 5.41) is 0. The lowest BCUT2D eigenvalue weighted by Crippen LogP contribution is -2.19. The van der Waals surface area contributed by atoms with Crippen LogP contribution in [0.4, 0.5) is 5.82 Å². The molecule has 116 valence electrons. The highest BCUT2D eigenvalue weighted by Crippen LogP contribution is 2.31. The van der Waals surface area contributed by atoms with Crippen LogP contribution in [0.25, 0.3) is 11.2 Å². The van der Waals surface area contributed by atoms with Gasteiger partial charge in [0.05, 0.1) is 0 Å². The summed E-state index contributed by atoms with van der Waals surface area (Å²) >= 11 is 0. The van der Waals surface area contributed by atoms with Crippen LogP contribution in [0.15, 0.2) is 42.7 Å². The van der Waals surface area contributed by atoms with Crippen LogP contribution in [-0.4, -0.2) is 35.2 Å². The van der Waals surface area contributed by atoms with Gasteiger partial charge in [-0.1, -0.05) is 6.07 Å². The number of fused-ring (bicyclic) bond motifs is 2. The van der Waals surface area contributed by atoms with E-state index in [4.69, 9.17) is 9.47 Å². The summed E-state index contributed by atoms with van der Waals surface area (Å²) in [7, 11) is 2.00. The summed E-state index contributed by atoms with van der Waals surface area (Å²) in [6.07, 6.45) is 3.32. The van der Waals surface area contributed by atoms with Gasteiger partial charge in [-0.15, -0.1) is 0 Å². The Labute approximate surface area is 133 Å². The molecule has 0 saturated heterocycles. The van der Waals surface area contributed by atoms with Crippen LogP contribution in [0.2, 0.25) is 0 Å². The fraction of sp³-hybridized carbons (Fsp3) is 0.235. The standard InChI is InChI=1S/C17H16N4O2/c1-21(16-5-3-13-17(20-16)19-7-6-18-13)11-12-2-4-14-15(10-12)23-9-8-22-14/h2-7,10H,8-9,11H2,1H3. The summed E-state index contributed by atoms with van der Waals surface area (Å²) < 4.78 is 11.2. The molecule has 0 atom stereocenters. The van der Waals surface area contributed by atoms with Crippen LogP contribution in [-0.2, 0) is 6.54 Å². The lowest BCUT2D eigenvalue weighted by Gasteiger charge is -2.21. The molecule has 6 nitrogen and oxygen atoms in total. The Hall–Kier alpha value is -2.89. The van der Waals surface area contributed by atoms with Crippen molar-refractivity contribution in [2.45, 2.75) is 6.54 Å². The molecule has 0 spiro atoms. The molecule has 1 aliphatic heterocycles. The Bertz CT molecular complexity index is 853. The molecule has 0 fully saturated rings. The third kappa shape index (κ3) is 2.75. The first kappa shape index (κ1) is 13.8. The number of rotatable bonds is 3. The van der Waals surface area contributed by atoms with Crippen molar-refractivity contribution in [1.82, 2.24) is 15.0 Å². The minimum Gasteiger partial charge on any atom is -0.486 e. The molecule has 1 aliphatic rings. The minimum atomic E-state index is 0.594. The van der Waals surface area contributed by atoms with E-state index in [0.717, 1.165) is 34.9 Å². The van der Waals surface area contributed by atoms with E-state index in [9.17, 15) is 0 Å². The molecule has 3 aromatic rings. The van der Waals surface area contributed by atoms with Crippen molar-refractivity contribution in [2.75, 3.05) is 25.2 Å². The summed E-state index contributed by atoms with van der Waals surface area (Å²) in [6.45, 7) is 1.92. The molecule has 0 unspecified atom stereocenters. The lowest BCUT2D eigenvalue weighted by atomic mass is 10.2. The lowest BCUT2D eigenvalue weighted by molar-refractivity contribution is 0.171. The van der Waals surface area contributed by atoms with Crippen molar-refractivity contribution < 1.29 is 9.47 Å². The maximum Gasteiger partial charge on any atom is 0.180 e. The average Bonchev–Trinajstić information content (AvgIpc) is 2.61. The zero-order valence-corrected chi connectivity index (χ0v) is 12.8. The summed E-state index contributed by atoms with van der Waals surface area (Å²) in [6, 6.07) is 9.91. The highest BCUT2D eigenvalue weighted by atomic mass is 16.6. The van der Waals surface area contributed by atoms with Crippen LogP contribution in [0.5, 0.6) is 11.5 Å². The Morgan fingerprint density at radius 3 is 2.74 bits per heavy atom. The number of hydrogen-bond acceptors (Lipinski definition) is 6.